The zero-order valence-corrected chi connectivity index (χ0v) is 18.9. The van der Waals surface area contributed by atoms with Crippen molar-refractivity contribution in [3.63, 3.8) is 0 Å². The minimum absolute atomic E-state index is 0.0220. The topological polar surface area (TPSA) is 185 Å². The Morgan fingerprint density at radius 1 is 1.50 bits per heavy atom. The molecule has 2 aliphatic rings. The molecule has 0 aromatic carbocycles. The lowest BCUT2D eigenvalue weighted by Crippen LogP contribution is -2.73. The van der Waals surface area contributed by atoms with Gasteiger partial charge in [0.2, 0.25) is 12.0 Å². The molecule has 3 rings (SSSR count). The summed E-state index contributed by atoms with van der Waals surface area (Å²) in [7, 11) is 0. The number of rotatable bonds is 8. The molecule has 2 fully saturated rings. The Morgan fingerprint density at radius 2 is 2.19 bits per heavy atom. The van der Waals surface area contributed by atoms with Crippen LogP contribution in [0.15, 0.2) is 17.8 Å². The Hall–Kier alpha value is -2.84. The Balaban J connectivity index is 1.79. The second kappa shape index (κ2) is 8.96. The number of amides is 2. The third kappa shape index (κ3) is 4.25. The van der Waals surface area contributed by atoms with Crippen LogP contribution in [0.3, 0.4) is 0 Å². The molecule has 32 heavy (non-hydrogen) atoms. The van der Waals surface area contributed by atoms with Crippen molar-refractivity contribution in [2.45, 2.75) is 24.4 Å². The molecule has 1 aromatic heterocycles. The highest BCUT2D eigenvalue weighted by Gasteiger charge is 2.56. The number of hydrogen-bond acceptors (Lipinski definition) is 10. The van der Waals surface area contributed by atoms with Gasteiger partial charge in [0.1, 0.15) is 26.9 Å². The van der Waals surface area contributed by atoms with Gasteiger partial charge < -0.3 is 31.0 Å². The first-order valence-corrected chi connectivity index (χ1v) is 11.2. The molecule has 15 heteroatoms. The highest BCUT2D eigenvalue weighted by Crippen LogP contribution is 2.42. The lowest BCUT2D eigenvalue weighted by Gasteiger charge is -2.53. The molecule has 0 aliphatic carbocycles. The van der Waals surface area contributed by atoms with E-state index in [0.717, 1.165) is 11.3 Å². The minimum atomic E-state index is -1.37. The normalized spacial score (nSPS) is 25.9. The quantitative estimate of drug-likeness (QED) is 0.165. The average molecular weight is 504 g/mol. The molecule has 1 aromatic rings. The predicted octanol–water partition coefficient (Wildman–Crippen LogP) is 0.229. The van der Waals surface area contributed by atoms with Gasteiger partial charge in [-0.2, -0.15) is 0 Å². The maximum Gasteiger partial charge on any atom is 0.347 e. The molecule has 0 spiro atoms. The van der Waals surface area contributed by atoms with Gasteiger partial charge in [0.15, 0.2) is 10.8 Å². The van der Waals surface area contributed by atoms with E-state index in [9.17, 15) is 24.3 Å². The lowest BCUT2D eigenvalue weighted by atomic mass is 9.87. The first-order chi connectivity index (χ1) is 15.0. The fraction of sp³-hybridized carbons (Fsp3) is 0.412. The van der Waals surface area contributed by atoms with Crippen molar-refractivity contribution in [3.8, 4) is 0 Å². The van der Waals surface area contributed by atoms with Crippen molar-refractivity contribution in [1.82, 2.24) is 15.2 Å². The van der Waals surface area contributed by atoms with Crippen molar-refractivity contribution in [2.24, 2.45) is 10.6 Å². The van der Waals surface area contributed by atoms with Crippen LogP contribution in [0.25, 0.3) is 0 Å². The number of thioether (sulfide) groups is 1. The van der Waals surface area contributed by atoms with Crippen LogP contribution in [0.4, 0.5) is 5.13 Å². The summed E-state index contributed by atoms with van der Waals surface area (Å²) < 4.78 is 0.0220. The van der Waals surface area contributed by atoms with Crippen molar-refractivity contribution >= 4 is 69.3 Å². The van der Waals surface area contributed by atoms with E-state index in [-0.39, 0.29) is 27.5 Å². The van der Waals surface area contributed by atoms with E-state index < -0.39 is 52.4 Å². The van der Waals surface area contributed by atoms with Gasteiger partial charge in [-0.1, -0.05) is 34.2 Å². The molecule has 3 heterocycles. The van der Waals surface area contributed by atoms with Gasteiger partial charge in [-0.25, -0.2) is 9.78 Å². The second-order valence-electron chi connectivity index (χ2n) is 6.98. The summed E-state index contributed by atoms with van der Waals surface area (Å²) in [5.41, 5.74) is 3.77. The van der Waals surface area contributed by atoms with Crippen molar-refractivity contribution in [3.05, 3.63) is 22.7 Å². The van der Waals surface area contributed by atoms with Gasteiger partial charge in [-0.05, 0) is 6.92 Å². The zero-order chi connectivity index (χ0) is 23.8. The number of β-lactam (4-membered cyclic amide) rings is 1. The monoisotopic (exact) mass is 503 g/mol. The van der Waals surface area contributed by atoms with Crippen LogP contribution in [-0.4, -0.2) is 79.4 Å². The number of thiazole rings is 1. The van der Waals surface area contributed by atoms with Crippen LogP contribution >= 0.6 is 34.7 Å². The number of carboxylic acids is 2. The number of oxime groups is 1. The first-order valence-electron chi connectivity index (χ1n) is 8.99. The van der Waals surface area contributed by atoms with Gasteiger partial charge in [-0.15, -0.1) is 18.3 Å². The molecule has 2 saturated heterocycles. The molecule has 0 radical (unpaired) electrons. The smallest absolute Gasteiger partial charge is 0.347 e. The van der Waals surface area contributed by atoms with Crippen LogP contribution < -0.4 is 11.1 Å². The predicted molar refractivity (Wildman–Crippen MR) is 116 cm³/mol. The summed E-state index contributed by atoms with van der Waals surface area (Å²) in [6.07, 6.45) is -0.0664. The van der Waals surface area contributed by atoms with Gasteiger partial charge in [-0.3, -0.25) is 14.4 Å². The van der Waals surface area contributed by atoms with E-state index in [0.29, 0.717) is 0 Å². The van der Waals surface area contributed by atoms with Crippen LogP contribution in [0.2, 0.25) is 4.34 Å². The third-order valence-corrected chi connectivity index (χ3v) is 7.53. The molecule has 172 valence electrons. The van der Waals surface area contributed by atoms with Crippen molar-refractivity contribution in [2.75, 3.05) is 18.0 Å². The van der Waals surface area contributed by atoms with Crippen molar-refractivity contribution in [1.29, 1.82) is 0 Å². The standard InChI is InChI=1S/C17H18ClN5O7S2/c1-3-17(15(28)29)4-23-12(25)9(13(23)31-5-17)20-11(24)8(22-30-6(2)14(26)27)7-10(18)32-16(19)21-7/h3,6,9,13H,1,4-5H2,2H3,(H2,19,21)(H,20,24)(H,26,27)(H,28,29)/t6?,9?,13-,17?/m1/s1. The van der Waals surface area contributed by atoms with E-state index in [1.165, 1.54) is 29.7 Å². The van der Waals surface area contributed by atoms with E-state index >= 15 is 0 Å². The third-order valence-electron chi connectivity index (χ3n) is 4.90. The highest BCUT2D eigenvalue weighted by atomic mass is 35.5. The Bertz CT molecular complexity index is 1030. The van der Waals surface area contributed by atoms with Gasteiger partial charge >= 0.3 is 11.9 Å². The molecular weight excluding hydrogens is 486 g/mol. The molecule has 0 saturated carbocycles. The number of nitrogens with one attached hydrogen (secondary N) is 1. The molecule has 12 nitrogen and oxygen atoms in total. The molecule has 4 atom stereocenters. The fourth-order valence-electron chi connectivity index (χ4n) is 2.98. The number of hydrogen-bond donors (Lipinski definition) is 4. The largest absolute Gasteiger partial charge is 0.481 e. The Kier molecular flexibility index (Phi) is 6.67. The van der Waals surface area contributed by atoms with Gasteiger partial charge in [0.05, 0.1) is 0 Å². The number of nitrogen functional groups attached to an aromatic ring is 1. The number of carbonyl (C=O) groups is 4. The summed E-state index contributed by atoms with van der Waals surface area (Å²) in [4.78, 5) is 58.2. The van der Waals surface area contributed by atoms with Crippen LogP contribution in [0, 0.1) is 5.41 Å². The number of nitrogens with zero attached hydrogens (tertiary/aromatic N) is 3. The number of fused-ring (bicyclic) bond motifs is 1. The minimum Gasteiger partial charge on any atom is -0.481 e. The van der Waals surface area contributed by atoms with Gasteiger partial charge in [0, 0.05) is 12.3 Å². The SMILES string of the molecule is C=CC1(C(=O)O)CS[C@@H]2C(NC(=O)C(=NOC(C)C(=O)O)c3nc(N)sc3Cl)C(=O)N2C1. The Labute approximate surface area is 194 Å². The molecule has 5 N–H and O–H groups in total. The average Bonchev–Trinajstić information content (AvgIpc) is 3.08. The first kappa shape index (κ1) is 23.8. The number of halogens is 1. The molecule has 0 bridgehead atoms. The van der Waals surface area contributed by atoms with E-state index in [2.05, 4.69) is 22.0 Å². The summed E-state index contributed by atoms with van der Waals surface area (Å²) in [6.45, 7) is 4.71. The number of aromatic nitrogens is 1. The van der Waals surface area contributed by atoms with Crippen LogP contribution in [0.1, 0.15) is 12.6 Å². The van der Waals surface area contributed by atoms with Crippen LogP contribution in [0.5, 0.6) is 0 Å². The van der Waals surface area contributed by atoms with E-state index in [4.69, 9.17) is 27.3 Å². The summed E-state index contributed by atoms with van der Waals surface area (Å²) in [5.74, 6) is -3.60. The highest BCUT2D eigenvalue weighted by molar-refractivity contribution is 8.00. The number of aliphatic carboxylic acids is 2. The molecule has 2 amide bonds. The number of nitrogens with two attached hydrogens (primary N) is 1. The maximum absolute atomic E-state index is 12.9. The molecule has 2 aliphatic heterocycles. The van der Waals surface area contributed by atoms with Gasteiger partial charge in [0.25, 0.3) is 5.91 Å². The van der Waals surface area contributed by atoms with E-state index in [1.807, 2.05) is 0 Å². The van der Waals surface area contributed by atoms with Crippen LogP contribution in [-0.2, 0) is 24.0 Å². The summed E-state index contributed by atoms with van der Waals surface area (Å²) in [5, 5.41) is 24.1. The fourth-order valence-corrected chi connectivity index (χ4v) is 5.44. The summed E-state index contributed by atoms with van der Waals surface area (Å²) in [6, 6.07) is -0.957. The summed E-state index contributed by atoms with van der Waals surface area (Å²) >= 11 is 8.13. The Morgan fingerprint density at radius 3 is 2.72 bits per heavy atom. The maximum atomic E-state index is 12.9. The zero-order valence-electron chi connectivity index (χ0n) is 16.5. The molecular formula is C17H18ClN5O7S2. The second-order valence-corrected chi connectivity index (χ2v) is 9.72. The lowest BCUT2D eigenvalue weighted by molar-refractivity contribution is -0.156. The number of carboxylic acid groups (broad SMARTS) is 2. The van der Waals surface area contributed by atoms with E-state index in [1.54, 1.807) is 0 Å². The molecule has 3 unspecified atom stereocenters. The number of carbonyl (C=O) groups excluding carboxylic acids is 2. The number of anilines is 1. The van der Waals surface area contributed by atoms with Crippen molar-refractivity contribution < 1.29 is 34.2 Å².